The maximum atomic E-state index is 10.8. The van der Waals surface area contributed by atoms with Crippen LogP contribution in [0.2, 0.25) is 0 Å². The van der Waals surface area contributed by atoms with Crippen molar-refractivity contribution in [1.82, 2.24) is 19.5 Å². The molecule has 2 aromatic heterocycles. The van der Waals surface area contributed by atoms with E-state index in [1.54, 1.807) is 0 Å². The minimum atomic E-state index is -1.24. The summed E-state index contributed by atoms with van der Waals surface area (Å²) in [6, 6.07) is 0. The third kappa shape index (κ3) is 2.89. The van der Waals surface area contributed by atoms with E-state index in [0.717, 1.165) is 0 Å². The van der Waals surface area contributed by atoms with Gasteiger partial charge in [0.1, 0.15) is 24.6 Å². The summed E-state index contributed by atoms with van der Waals surface area (Å²) >= 11 is 0. The van der Waals surface area contributed by atoms with Gasteiger partial charge >= 0.3 is 5.97 Å². The molecule has 3 heterocycles. The highest BCUT2D eigenvalue weighted by Crippen LogP contribution is 2.31. The molecule has 24 heavy (non-hydrogen) atoms. The van der Waals surface area contributed by atoms with Crippen molar-refractivity contribution >= 4 is 23.0 Å². The summed E-state index contributed by atoms with van der Waals surface area (Å²) in [7, 11) is 0. The summed E-state index contributed by atoms with van der Waals surface area (Å²) in [6.45, 7) is 0.779. The minimum Gasteiger partial charge on any atom is -0.445 e. The molecule has 1 saturated heterocycles. The molecule has 4 N–H and O–H groups in total. The number of hydrogen-bond donors (Lipinski definition) is 4. The van der Waals surface area contributed by atoms with Crippen molar-refractivity contribution in [3.63, 3.8) is 0 Å². The SMILES string of the molecule is CC(=O)OCNc1ncnc2c1ncn2[C@@H]1O[C@H](CO)C(O)[C@@H]1O. The van der Waals surface area contributed by atoms with E-state index in [1.165, 1.54) is 24.1 Å². The maximum Gasteiger partial charge on any atom is 0.304 e. The summed E-state index contributed by atoms with van der Waals surface area (Å²) in [5, 5.41) is 31.9. The van der Waals surface area contributed by atoms with Gasteiger partial charge in [0.05, 0.1) is 12.9 Å². The molecule has 0 saturated carbocycles. The molecule has 130 valence electrons. The Bertz CT molecular complexity index is 737. The van der Waals surface area contributed by atoms with Crippen molar-refractivity contribution in [3.8, 4) is 0 Å². The summed E-state index contributed by atoms with van der Waals surface area (Å²) in [4.78, 5) is 23.1. The van der Waals surface area contributed by atoms with Crippen molar-refractivity contribution in [2.45, 2.75) is 31.5 Å². The van der Waals surface area contributed by atoms with E-state index in [0.29, 0.717) is 17.0 Å². The lowest BCUT2D eigenvalue weighted by Crippen LogP contribution is -2.33. The minimum absolute atomic E-state index is 0.0812. The van der Waals surface area contributed by atoms with Crippen LogP contribution in [0.1, 0.15) is 13.2 Å². The van der Waals surface area contributed by atoms with Crippen molar-refractivity contribution in [2.75, 3.05) is 18.7 Å². The summed E-state index contributed by atoms with van der Waals surface area (Å²) in [6.07, 6.45) is -1.65. The van der Waals surface area contributed by atoms with Crippen LogP contribution >= 0.6 is 0 Å². The topological polar surface area (TPSA) is 152 Å². The summed E-state index contributed by atoms with van der Waals surface area (Å²) in [5.41, 5.74) is 0.729. The first kappa shape index (κ1) is 16.5. The number of hydrogen-bond acceptors (Lipinski definition) is 10. The Labute approximate surface area is 135 Å². The number of carbonyl (C=O) groups excluding carboxylic acids is 1. The predicted octanol–water partition coefficient (Wildman–Crippen LogP) is -1.63. The van der Waals surface area contributed by atoms with Gasteiger partial charge in [-0.15, -0.1) is 0 Å². The van der Waals surface area contributed by atoms with Crippen LogP contribution in [0.15, 0.2) is 12.7 Å². The zero-order valence-electron chi connectivity index (χ0n) is 12.7. The van der Waals surface area contributed by atoms with Crippen molar-refractivity contribution in [1.29, 1.82) is 0 Å². The smallest absolute Gasteiger partial charge is 0.304 e. The summed E-state index contributed by atoms with van der Waals surface area (Å²) in [5.74, 6) is -0.100. The van der Waals surface area contributed by atoms with Crippen LogP contribution in [-0.2, 0) is 14.3 Å². The van der Waals surface area contributed by atoms with Gasteiger partial charge in [0.25, 0.3) is 0 Å². The molecule has 1 fully saturated rings. The third-order valence-corrected chi connectivity index (χ3v) is 3.67. The first-order valence-corrected chi connectivity index (χ1v) is 7.20. The van der Waals surface area contributed by atoms with E-state index in [9.17, 15) is 20.1 Å². The molecular weight excluding hydrogens is 322 g/mol. The largest absolute Gasteiger partial charge is 0.445 e. The van der Waals surface area contributed by atoms with Crippen LogP contribution in [0.3, 0.4) is 0 Å². The summed E-state index contributed by atoms with van der Waals surface area (Å²) < 4.78 is 11.7. The number of aromatic nitrogens is 4. The van der Waals surface area contributed by atoms with E-state index in [1.807, 2.05) is 0 Å². The van der Waals surface area contributed by atoms with Crippen molar-refractivity contribution in [2.24, 2.45) is 0 Å². The number of aliphatic hydroxyl groups is 3. The average molecular weight is 339 g/mol. The fourth-order valence-electron chi connectivity index (χ4n) is 2.48. The highest BCUT2D eigenvalue weighted by atomic mass is 16.6. The van der Waals surface area contributed by atoms with Gasteiger partial charge in [0.2, 0.25) is 0 Å². The van der Waals surface area contributed by atoms with Gasteiger partial charge in [-0.2, -0.15) is 0 Å². The Balaban J connectivity index is 1.87. The standard InChI is InChI=1S/C13H17N5O6/c1-6(20)23-5-17-11-8-12(15-3-14-11)18(4-16-8)13-10(22)9(21)7(2-19)24-13/h3-4,7,9-10,13,19,21-22H,2,5H2,1H3,(H,14,15,17)/t7-,9?,10+,13-/m1/s1. The number of nitrogens with zero attached hydrogens (tertiary/aromatic N) is 4. The van der Waals surface area contributed by atoms with Gasteiger partial charge in [-0.1, -0.05) is 0 Å². The second-order valence-corrected chi connectivity index (χ2v) is 5.23. The fourth-order valence-corrected chi connectivity index (χ4v) is 2.48. The van der Waals surface area contributed by atoms with Crippen LogP contribution in [0.4, 0.5) is 5.82 Å². The molecule has 0 amide bonds. The van der Waals surface area contributed by atoms with Crippen LogP contribution in [0.25, 0.3) is 11.2 Å². The Morgan fingerprint density at radius 3 is 2.83 bits per heavy atom. The van der Waals surface area contributed by atoms with Gasteiger partial charge in [-0.05, 0) is 0 Å². The zero-order valence-corrected chi connectivity index (χ0v) is 12.7. The molecule has 11 heteroatoms. The predicted molar refractivity (Wildman–Crippen MR) is 78.6 cm³/mol. The highest BCUT2D eigenvalue weighted by molar-refractivity contribution is 5.82. The monoisotopic (exact) mass is 339 g/mol. The van der Waals surface area contributed by atoms with Gasteiger partial charge in [0, 0.05) is 6.92 Å². The number of aliphatic hydroxyl groups excluding tert-OH is 3. The van der Waals surface area contributed by atoms with Gasteiger partial charge < -0.3 is 30.1 Å². The number of fused-ring (bicyclic) bond motifs is 1. The van der Waals surface area contributed by atoms with Crippen LogP contribution in [0, 0.1) is 0 Å². The van der Waals surface area contributed by atoms with Crippen LogP contribution < -0.4 is 5.32 Å². The lowest BCUT2D eigenvalue weighted by molar-refractivity contribution is -0.140. The molecule has 0 aromatic carbocycles. The van der Waals surface area contributed by atoms with E-state index in [2.05, 4.69) is 20.3 Å². The van der Waals surface area contributed by atoms with Crippen LogP contribution in [-0.4, -0.2) is 72.5 Å². The Kier molecular flexibility index (Phi) is 4.57. The van der Waals surface area contributed by atoms with Crippen molar-refractivity contribution in [3.05, 3.63) is 12.7 Å². The fraction of sp³-hybridized carbons (Fsp3) is 0.538. The van der Waals surface area contributed by atoms with Crippen LogP contribution in [0.5, 0.6) is 0 Å². The molecule has 0 bridgehead atoms. The highest BCUT2D eigenvalue weighted by Gasteiger charge is 2.44. The molecule has 11 nitrogen and oxygen atoms in total. The first-order chi connectivity index (χ1) is 11.5. The number of rotatable bonds is 5. The second kappa shape index (κ2) is 6.65. The molecule has 0 radical (unpaired) electrons. The molecule has 3 rings (SSSR count). The van der Waals surface area contributed by atoms with E-state index in [-0.39, 0.29) is 6.73 Å². The van der Waals surface area contributed by atoms with Gasteiger partial charge in [-0.3, -0.25) is 9.36 Å². The van der Waals surface area contributed by atoms with Gasteiger partial charge in [-0.25, -0.2) is 15.0 Å². The number of nitrogens with one attached hydrogen (secondary N) is 1. The number of carbonyl (C=O) groups is 1. The lowest BCUT2D eigenvalue weighted by atomic mass is 10.1. The molecule has 1 aliphatic rings. The Morgan fingerprint density at radius 1 is 1.38 bits per heavy atom. The molecule has 0 spiro atoms. The molecule has 0 aliphatic carbocycles. The van der Waals surface area contributed by atoms with E-state index in [4.69, 9.17) is 9.47 Å². The molecule has 4 atom stereocenters. The number of esters is 1. The molecule has 2 aromatic rings. The van der Waals surface area contributed by atoms with E-state index >= 15 is 0 Å². The Morgan fingerprint density at radius 2 is 2.17 bits per heavy atom. The quantitative estimate of drug-likeness (QED) is 0.369. The average Bonchev–Trinajstić information content (AvgIpc) is 3.10. The molecule has 1 unspecified atom stereocenters. The van der Waals surface area contributed by atoms with Crippen molar-refractivity contribution < 1.29 is 29.6 Å². The normalized spacial score (nSPS) is 26.7. The number of ether oxygens (including phenoxy) is 2. The zero-order chi connectivity index (χ0) is 17.3. The van der Waals surface area contributed by atoms with E-state index < -0.39 is 37.1 Å². The second-order valence-electron chi connectivity index (χ2n) is 5.23. The third-order valence-electron chi connectivity index (χ3n) is 3.67. The van der Waals surface area contributed by atoms with Gasteiger partial charge in [0.15, 0.2) is 29.9 Å². The molecule has 1 aliphatic heterocycles. The maximum absolute atomic E-state index is 10.8. The first-order valence-electron chi connectivity index (χ1n) is 7.20. The number of imidazole rings is 1. The Hall–Kier alpha value is -2.34. The molecular formula is C13H17N5O6. The number of anilines is 1. The lowest BCUT2D eigenvalue weighted by Gasteiger charge is -2.16.